The average Bonchev–Trinajstić information content (AvgIpc) is 2.38. The zero-order valence-electron chi connectivity index (χ0n) is 12.8. The molecule has 1 atom stereocenters. The Morgan fingerprint density at radius 2 is 1.89 bits per heavy atom. The fourth-order valence-electron chi connectivity index (χ4n) is 2.07. The van der Waals surface area contributed by atoms with Gasteiger partial charge in [0.05, 0.1) is 0 Å². The van der Waals surface area contributed by atoms with E-state index in [2.05, 4.69) is 45.0 Å². The van der Waals surface area contributed by atoms with Crippen LogP contribution in [0.1, 0.15) is 45.7 Å². The second-order valence-corrected chi connectivity index (χ2v) is 5.68. The second-order valence-electron chi connectivity index (χ2n) is 5.68. The van der Waals surface area contributed by atoms with E-state index in [0.29, 0.717) is 0 Å². The number of hydrogen-bond acceptors (Lipinski definition) is 2. The van der Waals surface area contributed by atoms with Crippen molar-refractivity contribution in [3.8, 4) is 0 Å². The molecule has 108 valence electrons. The molecular formula is C16H27FN2. The van der Waals surface area contributed by atoms with Gasteiger partial charge >= 0.3 is 0 Å². The highest BCUT2D eigenvalue weighted by Crippen LogP contribution is 2.23. The molecule has 0 aromatic heterocycles. The molecule has 1 unspecified atom stereocenters. The highest BCUT2D eigenvalue weighted by molar-refractivity contribution is 5.21. The Kier molecular flexibility index (Phi) is 5.95. The first-order valence-corrected chi connectivity index (χ1v) is 7.11. The minimum atomic E-state index is -0.129. The lowest BCUT2D eigenvalue weighted by Crippen LogP contribution is -2.45. The third kappa shape index (κ3) is 4.29. The van der Waals surface area contributed by atoms with Crippen molar-refractivity contribution in [1.29, 1.82) is 0 Å². The zero-order valence-corrected chi connectivity index (χ0v) is 12.8. The number of hydrogen-bond donors (Lipinski definition) is 1. The van der Waals surface area contributed by atoms with Crippen molar-refractivity contribution in [1.82, 2.24) is 10.2 Å². The summed E-state index contributed by atoms with van der Waals surface area (Å²) in [4.78, 5) is 2.30. The Morgan fingerprint density at radius 3 is 2.42 bits per heavy atom. The van der Waals surface area contributed by atoms with Crippen LogP contribution < -0.4 is 5.32 Å². The summed E-state index contributed by atoms with van der Waals surface area (Å²) in [5.41, 5.74) is 0.877. The SMILES string of the molecule is CCNC(CN(C)C(C)(C)CC)c1ccccc1F. The van der Waals surface area contributed by atoms with E-state index in [0.717, 1.165) is 25.1 Å². The van der Waals surface area contributed by atoms with Crippen LogP contribution in [0.5, 0.6) is 0 Å². The molecule has 0 bridgehead atoms. The molecule has 0 heterocycles. The molecule has 0 amide bonds. The zero-order chi connectivity index (χ0) is 14.5. The third-order valence-corrected chi connectivity index (χ3v) is 4.09. The summed E-state index contributed by atoms with van der Waals surface area (Å²) in [6, 6.07) is 7.07. The molecule has 0 aliphatic heterocycles. The van der Waals surface area contributed by atoms with Gasteiger partial charge in [-0.1, -0.05) is 32.0 Å². The Balaban J connectivity index is 2.88. The maximum absolute atomic E-state index is 13.9. The highest BCUT2D eigenvalue weighted by atomic mass is 19.1. The Morgan fingerprint density at radius 1 is 1.26 bits per heavy atom. The molecule has 0 aliphatic carbocycles. The van der Waals surface area contributed by atoms with Gasteiger partial charge in [0.15, 0.2) is 0 Å². The number of nitrogens with zero attached hydrogens (tertiary/aromatic N) is 1. The summed E-state index contributed by atoms with van der Waals surface area (Å²) < 4.78 is 13.9. The molecule has 1 rings (SSSR count). The van der Waals surface area contributed by atoms with E-state index in [4.69, 9.17) is 0 Å². The van der Waals surface area contributed by atoms with Gasteiger partial charge in [0, 0.05) is 23.7 Å². The van der Waals surface area contributed by atoms with Crippen LogP contribution in [-0.2, 0) is 0 Å². The van der Waals surface area contributed by atoms with Gasteiger partial charge in [-0.05, 0) is 39.9 Å². The van der Waals surface area contributed by atoms with Gasteiger partial charge in [0.25, 0.3) is 0 Å². The summed E-state index contributed by atoms with van der Waals surface area (Å²) in [6.07, 6.45) is 1.07. The molecule has 0 saturated carbocycles. The van der Waals surface area contributed by atoms with E-state index in [1.807, 2.05) is 12.1 Å². The van der Waals surface area contributed by atoms with E-state index in [1.54, 1.807) is 6.07 Å². The lowest BCUT2D eigenvalue weighted by atomic mass is 9.97. The maximum Gasteiger partial charge on any atom is 0.128 e. The molecule has 0 radical (unpaired) electrons. The number of benzene rings is 1. The van der Waals surface area contributed by atoms with Gasteiger partial charge in [-0.15, -0.1) is 0 Å². The van der Waals surface area contributed by atoms with Crippen LogP contribution in [0, 0.1) is 5.82 Å². The van der Waals surface area contributed by atoms with Crippen molar-refractivity contribution in [3.05, 3.63) is 35.6 Å². The van der Waals surface area contributed by atoms with Gasteiger partial charge in [-0.25, -0.2) is 4.39 Å². The molecule has 3 heteroatoms. The van der Waals surface area contributed by atoms with E-state index >= 15 is 0 Å². The molecule has 1 N–H and O–H groups in total. The van der Waals surface area contributed by atoms with Crippen molar-refractivity contribution < 1.29 is 4.39 Å². The smallest absolute Gasteiger partial charge is 0.128 e. The molecule has 0 fully saturated rings. The lowest BCUT2D eigenvalue weighted by molar-refractivity contribution is 0.135. The number of rotatable bonds is 7. The second kappa shape index (κ2) is 7.01. The minimum Gasteiger partial charge on any atom is -0.309 e. The molecule has 19 heavy (non-hydrogen) atoms. The van der Waals surface area contributed by atoms with Crippen LogP contribution in [0.15, 0.2) is 24.3 Å². The average molecular weight is 266 g/mol. The van der Waals surface area contributed by atoms with Crippen LogP contribution in [0.4, 0.5) is 4.39 Å². The van der Waals surface area contributed by atoms with E-state index in [9.17, 15) is 4.39 Å². The normalized spacial score (nSPS) is 13.8. The van der Waals surface area contributed by atoms with Crippen molar-refractivity contribution >= 4 is 0 Å². The Labute approximate surface area is 117 Å². The lowest BCUT2D eigenvalue weighted by Gasteiger charge is -2.37. The van der Waals surface area contributed by atoms with Gasteiger partial charge < -0.3 is 5.32 Å². The Bertz CT molecular complexity index is 390. The summed E-state index contributed by atoms with van der Waals surface area (Å²) in [5, 5.41) is 3.39. The van der Waals surface area contributed by atoms with Gasteiger partial charge in [0.2, 0.25) is 0 Å². The first-order valence-electron chi connectivity index (χ1n) is 7.11. The monoisotopic (exact) mass is 266 g/mol. The molecule has 0 spiro atoms. The molecule has 0 aliphatic rings. The van der Waals surface area contributed by atoms with Crippen molar-refractivity contribution in [2.24, 2.45) is 0 Å². The van der Waals surface area contributed by atoms with Crippen LogP contribution in [-0.4, -0.2) is 30.6 Å². The standard InChI is InChI=1S/C16H27FN2/c1-6-16(3,4)19(5)12-15(18-7-2)13-10-8-9-11-14(13)17/h8-11,15,18H,6-7,12H2,1-5H3. The fraction of sp³-hybridized carbons (Fsp3) is 0.625. The van der Waals surface area contributed by atoms with E-state index in [-0.39, 0.29) is 17.4 Å². The molecule has 1 aromatic carbocycles. The largest absolute Gasteiger partial charge is 0.309 e. The number of likely N-dealkylation sites (N-methyl/N-ethyl adjacent to an activating group) is 2. The molecule has 0 saturated heterocycles. The van der Waals surface area contributed by atoms with Crippen LogP contribution >= 0.6 is 0 Å². The van der Waals surface area contributed by atoms with Crippen LogP contribution in [0.3, 0.4) is 0 Å². The number of nitrogens with one attached hydrogen (secondary N) is 1. The number of halogens is 1. The van der Waals surface area contributed by atoms with Gasteiger partial charge in [0.1, 0.15) is 5.82 Å². The maximum atomic E-state index is 13.9. The Hall–Kier alpha value is -0.930. The van der Waals surface area contributed by atoms with E-state index < -0.39 is 0 Å². The topological polar surface area (TPSA) is 15.3 Å². The van der Waals surface area contributed by atoms with E-state index in [1.165, 1.54) is 6.07 Å². The van der Waals surface area contributed by atoms with Crippen molar-refractivity contribution in [2.75, 3.05) is 20.1 Å². The summed E-state index contributed by atoms with van der Waals surface area (Å²) in [6.45, 7) is 10.3. The highest BCUT2D eigenvalue weighted by Gasteiger charge is 2.25. The minimum absolute atomic E-state index is 0.0297. The summed E-state index contributed by atoms with van der Waals surface area (Å²) in [7, 11) is 2.11. The first-order chi connectivity index (χ1) is 8.92. The van der Waals surface area contributed by atoms with Gasteiger partial charge in [-0.3, -0.25) is 4.90 Å². The predicted molar refractivity (Wildman–Crippen MR) is 79.8 cm³/mol. The fourth-order valence-corrected chi connectivity index (χ4v) is 2.07. The molecule has 1 aromatic rings. The molecular weight excluding hydrogens is 239 g/mol. The van der Waals surface area contributed by atoms with Crippen molar-refractivity contribution in [2.45, 2.75) is 45.7 Å². The van der Waals surface area contributed by atoms with Crippen LogP contribution in [0.25, 0.3) is 0 Å². The van der Waals surface area contributed by atoms with Crippen LogP contribution in [0.2, 0.25) is 0 Å². The third-order valence-electron chi connectivity index (χ3n) is 4.09. The summed E-state index contributed by atoms with van der Waals surface area (Å²) >= 11 is 0. The predicted octanol–water partition coefficient (Wildman–Crippen LogP) is 3.60. The first kappa shape index (κ1) is 16.1. The molecule has 2 nitrogen and oxygen atoms in total. The van der Waals surface area contributed by atoms with Gasteiger partial charge in [-0.2, -0.15) is 0 Å². The van der Waals surface area contributed by atoms with Crippen molar-refractivity contribution in [3.63, 3.8) is 0 Å². The summed E-state index contributed by atoms with van der Waals surface area (Å²) in [5.74, 6) is -0.129. The quantitative estimate of drug-likeness (QED) is 0.811.